The highest BCUT2D eigenvalue weighted by Gasteiger charge is 2.11. The van der Waals surface area contributed by atoms with E-state index in [9.17, 15) is 9.59 Å². The molecule has 0 aliphatic carbocycles. The summed E-state index contributed by atoms with van der Waals surface area (Å²) in [5, 5.41) is 17.8. The largest absolute Gasteiger partial charge is 0.355 e. The Morgan fingerprint density at radius 1 is 1.15 bits per heavy atom. The maximum absolute atomic E-state index is 12.2. The topological polar surface area (TPSA) is 102 Å². The Bertz CT molecular complexity index is 938. The smallest absolute Gasteiger partial charge is 0.251 e. The van der Waals surface area contributed by atoms with Crippen molar-refractivity contribution in [2.24, 2.45) is 0 Å². The molecular formula is C17H15ClN6O2. The van der Waals surface area contributed by atoms with Gasteiger partial charge in [-0.05, 0) is 47.7 Å². The van der Waals surface area contributed by atoms with E-state index in [2.05, 4.69) is 26.0 Å². The molecule has 0 saturated heterocycles. The number of benzene rings is 2. The third-order valence-electron chi connectivity index (χ3n) is 3.48. The number of amides is 2. The number of hydrogen-bond donors (Lipinski definition) is 2. The van der Waals surface area contributed by atoms with E-state index >= 15 is 0 Å². The summed E-state index contributed by atoms with van der Waals surface area (Å²) in [7, 11) is 1.54. The van der Waals surface area contributed by atoms with Gasteiger partial charge in [0.25, 0.3) is 5.91 Å². The Kier molecular flexibility index (Phi) is 5.23. The molecule has 9 heteroatoms. The highest BCUT2D eigenvalue weighted by Crippen LogP contribution is 2.17. The Morgan fingerprint density at radius 2 is 1.92 bits per heavy atom. The molecule has 0 unspecified atom stereocenters. The summed E-state index contributed by atoms with van der Waals surface area (Å²) in [5.41, 5.74) is 1.71. The SMILES string of the molecule is CNC(=O)c1cccc(NC(=O)Cn2nnc(-c3ccc(Cl)cc3)n2)c1. The number of nitrogens with zero attached hydrogens (tertiary/aromatic N) is 4. The second-order valence-electron chi connectivity index (χ2n) is 5.36. The van der Waals surface area contributed by atoms with Crippen molar-refractivity contribution in [1.29, 1.82) is 0 Å². The van der Waals surface area contributed by atoms with Crippen LogP contribution in [0.15, 0.2) is 48.5 Å². The van der Waals surface area contributed by atoms with E-state index in [1.54, 1.807) is 55.6 Å². The van der Waals surface area contributed by atoms with Gasteiger partial charge in [-0.15, -0.1) is 10.2 Å². The van der Waals surface area contributed by atoms with E-state index < -0.39 is 0 Å². The summed E-state index contributed by atoms with van der Waals surface area (Å²) in [6, 6.07) is 13.6. The maximum Gasteiger partial charge on any atom is 0.251 e. The summed E-state index contributed by atoms with van der Waals surface area (Å²) >= 11 is 5.85. The molecule has 0 radical (unpaired) electrons. The molecule has 132 valence electrons. The Balaban J connectivity index is 1.65. The van der Waals surface area contributed by atoms with Gasteiger partial charge in [0, 0.05) is 28.9 Å². The number of carbonyl (C=O) groups excluding carboxylic acids is 2. The lowest BCUT2D eigenvalue weighted by Gasteiger charge is -2.06. The first-order chi connectivity index (χ1) is 12.5. The lowest BCUT2D eigenvalue weighted by atomic mass is 10.2. The molecule has 0 bridgehead atoms. The number of anilines is 1. The summed E-state index contributed by atoms with van der Waals surface area (Å²) in [6.45, 7) is -0.106. The minimum absolute atomic E-state index is 0.106. The van der Waals surface area contributed by atoms with Gasteiger partial charge in [0.05, 0.1) is 0 Å². The van der Waals surface area contributed by atoms with Gasteiger partial charge in [-0.2, -0.15) is 4.80 Å². The van der Waals surface area contributed by atoms with Gasteiger partial charge in [-0.25, -0.2) is 0 Å². The van der Waals surface area contributed by atoms with Gasteiger partial charge < -0.3 is 10.6 Å². The van der Waals surface area contributed by atoms with Crippen LogP contribution in [0.1, 0.15) is 10.4 Å². The highest BCUT2D eigenvalue weighted by atomic mass is 35.5. The lowest BCUT2D eigenvalue weighted by Crippen LogP contribution is -2.21. The predicted octanol–water partition coefficient (Wildman–Crippen LogP) is 1.99. The van der Waals surface area contributed by atoms with Crippen molar-refractivity contribution in [3.05, 3.63) is 59.1 Å². The van der Waals surface area contributed by atoms with Gasteiger partial charge in [-0.1, -0.05) is 17.7 Å². The third-order valence-corrected chi connectivity index (χ3v) is 3.73. The Labute approximate surface area is 154 Å². The van der Waals surface area contributed by atoms with Crippen LogP contribution in [0.5, 0.6) is 0 Å². The number of rotatable bonds is 5. The maximum atomic E-state index is 12.2. The monoisotopic (exact) mass is 370 g/mol. The van der Waals surface area contributed by atoms with E-state index in [0.717, 1.165) is 5.56 Å². The molecule has 0 spiro atoms. The molecule has 0 saturated carbocycles. The molecule has 8 nitrogen and oxygen atoms in total. The van der Waals surface area contributed by atoms with Crippen molar-refractivity contribution in [3.63, 3.8) is 0 Å². The number of nitrogens with one attached hydrogen (secondary N) is 2. The van der Waals surface area contributed by atoms with E-state index in [-0.39, 0.29) is 18.4 Å². The summed E-state index contributed by atoms with van der Waals surface area (Å²) in [6.07, 6.45) is 0. The number of halogens is 1. The van der Waals surface area contributed by atoms with Crippen LogP contribution >= 0.6 is 11.6 Å². The Morgan fingerprint density at radius 3 is 2.65 bits per heavy atom. The van der Waals surface area contributed by atoms with Crippen molar-refractivity contribution < 1.29 is 9.59 Å². The van der Waals surface area contributed by atoms with Crippen molar-refractivity contribution in [3.8, 4) is 11.4 Å². The minimum Gasteiger partial charge on any atom is -0.355 e. The van der Waals surface area contributed by atoms with E-state index in [1.165, 1.54) is 4.80 Å². The van der Waals surface area contributed by atoms with E-state index in [4.69, 9.17) is 11.6 Å². The lowest BCUT2D eigenvalue weighted by molar-refractivity contribution is -0.117. The highest BCUT2D eigenvalue weighted by molar-refractivity contribution is 6.30. The van der Waals surface area contributed by atoms with Crippen LogP contribution in [0.3, 0.4) is 0 Å². The fourth-order valence-corrected chi connectivity index (χ4v) is 2.36. The van der Waals surface area contributed by atoms with Gasteiger partial charge in [0.2, 0.25) is 11.7 Å². The zero-order valence-electron chi connectivity index (χ0n) is 13.8. The molecule has 0 aliphatic heterocycles. The van der Waals surface area contributed by atoms with Crippen LogP contribution in [0.4, 0.5) is 5.69 Å². The van der Waals surface area contributed by atoms with Crippen LogP contribution in [0.2, 0.25) is 5.02 Å². The van der Waals surface area contributed by atoms with Gasteiger partial charge >= 0.3 is 0 Å². The van der Waals surface area contributed by atoms with Gasteiger partial charge in [0.15, 0.2) is 0 Å². The number of carbonyl (C=O) groups is 2. The van der Waals surface area contributed by atoms with Crippen molar-refractivity contribution in [2.45, 2.75) is 6.54 Å². The zero-order valence-corrected chi connectivity index (χ0v) is 14.6. The van der Waals surface area contributed by atoms with Gasteiger partial charge in [0.1, 0.15) is 6.54 Å². The zero-order chi connectivity index (χ0) is 18.5. The molecule has 3 aromatic rings. The molecule has 3 rings (SSSR count). The standard InChI is InChI=1S/C17H15ClN6O2/c1-19-17(26)12-3-2-4-14(9-12)20-15(25)10-24-22-16(21-23-24)11-5-7-13(18)8-6-11/h2-9H,10H2,1H3,(H,19,26)(H,20,25). The van der Waals surface area contributed by atoms with Crippen molar-refractivity contribution in [1.82, 2.24) is 25.5 Å². The molecule has 2 amide bonds. The average molecular weight is 371 g/mol. The normalized spacial score (nSPS) is 10.4. The fourth-order valence-electron chi connectivity index (χ4n) is 2.24. The van der Waals surface area contributed by atoms with Crippen LogP contribution in [-0.4, -0.2) is 39.1 Å². The predicted molar refractivity (Wildman–Crippen MR) is 96.7 cm³/mol. The molecule has 0 fully saturated rings. The van der Waals surface area contributed by atoms with E-state index in [0.29, 0.717) is 22.1 Å². The summed E-state index contributed by atoms with van der Waals surface area (Å²) in [5.74, 6) is -0.165. The number of hydrogen-bond acceptors (Lipinski definition) is 5. The van der Waals surface area contributed by atoms with Crippen LogP contribution in [0.25, 0.3) is 11.4 Å². The Hall–Kier alpha value is -3.26. The first-order valence-corrected chi connectivity index (χ1v) is 8.08. The second-order valence-corrected chi connectivity index (χ2v) is 5.79. The molecule has 1 heterocycles. The molecular weight excluding hydrogens is 356 g/mol. The number of tetrazole rings is 1. The van der Waals surface area contributed by atoms with E-state index in [1.807, 2.05) is 0 Å². The molecule has 2 N–H and O–H groups in total. The average Bonchev–Trinajstić information content (AvgIpc) is 3.10. The quantitative estimate of drug-likeness (QED) is 0.715. The van der Waals surface area contributed by atoms with Crippen LogP contribution in [0, 0.1) is 0 Å². The van der Waals surface area contributed by atoms with Crippen molar-refractivity contribution in [2.75, 3.05) is 12.4 Å². The fraction of sp³-hybridized carbons (Fsp3) is 0.118. The first kappa shape index (κ1) is 17.6. The van der Waals surface area contributed by atoms with Crippen LogP contribution in [-0.2, 0) is 11.3 Å². The second kappa shape index (κ2) is 7.75. The summed E-state index contributed by atoms with van der Waals surface area (Å²) in [4.78, 5) is 25.0. The molecule has 26 heavy (non-hydrogen) atoms. The molecule has 0 atom stereocenters. The molecule has 1 aromatic heterocycles. The summed E-state index contributed by atoms with van der Waals surface area (Å²) < 4.78 is 0. The van der Waals surface area contributed by atoms with Gasteiger partial charge in [-0.3, -0.25) is 9.59 Å². The van der Waals surface area contributed by atoms with Crippen LogP contribution < -0.4 is 10.6 Å². The molecule has 2 aromatic carbocycles. The minimum atomic E-state index is -0.334. The third kappa shape index (κ3) is 4.22. The first-order valence-electron chi connectivity index (χ1n) is 7.71. The number of aromatic nitrogens is 4. The van der Waals surface area contributed by atoms with Crippen molar-refractivity contribution >= 4 is 29.1 Å². The molecule has 0 aliphatic rings.